The molecule has 2 unspecified atom stereocenters. The SMILES string of the molecule is CCCC/C=C\C/C=C\CCCCCCCC(=O)OCCCCCCCC/C=C\C/C=C\CCC(=O)NC(CO)C(O)/C=C/CCCCCCCCCCCCCCCCCCCCCCC. The number of aliphatic hydroxyl groups is 2. The van der Waals surface area contributed by atoms with Crippen molar-refractivity contribution in [2.45, 2.75) is 302 Å². The average Bonchev–Trinajstić information content (AvgIpc) is 3.33. The second kappa shape index (κ2) is 56.2. The topological polar surface area (TPSA) is 95.9 Å². The molecule has 0 bridgehead atoms. The van der Waals surface area contributed by atoms with Crippen molar-refractivity contribution in [3.05, 3.63) is 60.8 Å². The number of hydrogen-bond donors (Lipinski definition) is 3. The van der Waals surface area contributed by atoms with E-state index in [9.17, 15) is 19.8 Å². The Kier molecular flexibility index (Phi) is 54.1. The highest BCUT2D eigenvalue weighted by molar-refractivity contribution is 5.76. The summed E-state index contributed by atoms with van der Waals surface area (Å²) in [7, 11) is 0. The second-order valence-corrected chi connectivity index (χ2v) is 19.6. The molecule has 0 spiro atoms. The number of nitrogens with one attached hydrogen (secondary N) is 1. The van der Waals surface area contributed by atoms with E-state index >= 15 is 0 Å². The van der Waals surface area contributed by atoms with Crippen molar-refractivity contribution in [3.8, 4) is 0 Å². The average molecular weight is 939 g/mol. The van der Waals surface area contributed by atoms with Crippen LogP contribution in [0.4, 0.5) is 0 Å². The fourth-order valence-electron chi connectivity index (χ4n) is 8.52. The maximum atomic E-state index is 12.4. The maximum Gasteiger partial charge on any atom is 0.305 e. The summed E-state index contributed by atoms with van der Waals surface area (Å²) in [6.07, 6.45) is 72.5. The van der Waals surface area contributed by atoms with Gasteiger partial charge in [-0.1, -0.05) is 261 Å². The normalized spacial score (nSPS) is 13.1. The van der Waals surface area contributed by atoms with Gasteiger partial charge in [0.1, 0.15) is 0 Å². The number of carbonyl (C=O) groups is 2. The zero-order valence-electron chi connectivity index (χ0n) is 44.4. The number of allylic oxidation sites excluding steroid dienone is 9. The molecule has 390 valence electrons. The van der Waals surface area contributed by atoms with Crippen LogP contribution in [0.1, 0.15) is 290 Å². The first-order chi connectivity index (χ1) is 33.0. The first-order valence-corrected chi connectivity index (χ1v) is 29.1. The van der Waals surface area contributed by atoms with Crippen molar-refractivity contribution in [2.75, 3.05) is 13.2 Å². The summed E-state index contributed by atoms with van der Waals surface area (Å²) in [5, 5.41) is 23.1. The van der Waals surface area contributed by atoms with Crippen LogP contribution in [0.25, 0.3) is 0 Å². The van der Waals surface area contributed by atoms with Gasteiger partial charge in [0.15, 0.2) is 0 Å². The summed E-state index contributed by atoms with van der Waals surface area (Å²) in [6, 6.07) is -0.675. The fourth-order valence-corrected chi connectivity index (χ4v) is 8.52. The largest absolute Gasteiger partial charge is 0.466 e. The summed E-state index contributed by atoms with van der Waals surface area (Å²) < 4.78 is 5.44. The van der Waals surface area contributed by atoms with Crippen molar-refractivity contribution in [1.29, 1.82) is 0 Å². The van der Waals surface area contributed by atoms with E-state index < -0.39 is 12.1 Å². The Bertz CT molecular complexity index is 1170. The molecule has 0 aromatic heterocycles. The van der Waals surface area contributed by atoms with Gasteiger partial charge in [-0.2, -0.15) is 0 Å². The van der Waals surface area contributed by atoms with Gasteiger partial charge in [0.25, 0.3) is 0 Å². The lowest BCUT2D eigenvalue weighted by Crippen LogP contribution is -2.45. The van der Waals surface area contributed by atoms with Gasteiger partial charge in [-0.05, 0) is 77.0 Å². The van der Waals surface area contributed by atoms with Crippen LogP contribution in [0.5, 0.6) is 0 Å². The molecule has 0 aliphatic heterocycles. The van der Waals surface area contributed by atoms with E-state index in [-0.39, 0.29) is 18.5 Å². The van der Waals surface area contributed by atoms with Gasteiger partial charge in [-0.15, -0.1) is 0 Å². The van der Waals surface area contributed by atoms with Gasteiger partial charge >= 0.3 is 5.97 Å². The molecular formula is C61H111NO5. The van der Waals surface area contributed by atoms with Crippen LogP contribution in [-0.4, -0.2) is 47.4 Å². The number of rotatable bonds is 53. The van der Waals surface area contributed by atoms with Gasteiger partial charge in [-0.25, -0.2) is 0 Å². The van der Waals surface area contributed by atoms with Crippen LogP contribution in [0.15, 0.2) is 60.8 Å². The molecule has 2 atom stereocenters. The summed E-state index contributed by atoms with van der Waals surface area (Å²) in [5.74, 6) is -0.182. The molecule has 1 amide bonds. The molecule has 6 nitrogen and oxygen atoms in total. The van der Waals surface area contributed by atoms with Crippen molar-refractivity contribution in [3.63, 3.8) is 0 Å². The van der Waals surface area contributed by atoms with E-state index in [4.69, 9.17) is 4.74 Å². The van der Waals surface area contributed by atoms with Crippen LogP contribution < -0.4 is 5.32 Å². The molecule has 0 saturated carbocycles. The van der Waals surface area contributed by atoms with Gasteiger partial charge in [0.2, 0.25) is 5.91 Å². The van der Waals surface area contributed by atoms with E-state index in [1.807, 2.05) is 12.2 Å². The van der Waals surface area contributed by atoms with Crippen molar-refractivity contribution in [1.82, 2.24) is 5.32 Å². The molecule has 3 N–H and O–H groups in total. The van der Waals surface area contributed by atoms with E-state index in [0.29, 0.717) is 25.9 Å². The molecular weight excluding hydrogens is 827 g/mol. The minimum Gasteiger partial charge on any atom is -0.466 e. The summed E-state index contributed by atoms with van der Waals surface area (Å²) in [6.45, 7) is 4.80. The summed E-state index contributed by atoms with van der Waals surface area (Å²) in [5.41, 5.74) is 0. The van der Waals surface area contributed by atoms with Crippen LogP contribution in [-0.2, 0) is 14.3 Å². The van der Waals surface area contributed by atoms with E-state index in [1.54, 1.807) is 6.08 Å². The molecule has 0 aromatic rings. The predicted octanol–water partition coefficient (Wildman–Crippen LogP) is 18.0. The maximum absolute atomic E-state index is 12.4. The van der Waals surface area contributed by atoms with Crippen LogP contribution in [0.3, 0.4) is 0 Å². The molecule has 67 heavy (non-hydrogen) atoms. The number of carbonyl (C=O) groups excluding carboxylic acids is 2. The van der Waals surface area contributed by atoms with Gasteiger partial charge < -0.3 is 20.3 Å². The molecule has 6 heteroatoms. The van der Waals surface area contributed by atoms with Crippen molar-refractivity contribution >= 4 is 11.9 Å². The standard InChI is InChI=1S/C61H111NO5/c1-3-5-7-9-11-13-15-17-19-20-21-22-23-24-25-26-27-29-33-37-41-45-49-53-59(64)58(57-63)62-60(65)54-50-46-42-38-34-30-28-32-36-40-44-48-52-56-67-61(66)55-51-47-43-39-35-31-18-16-14-12-10-8-6-4-2/h10,12,16,18,30,34,42,46,49,53,58-59,63-64H,3-9,11,13-15,17,19-29,31-33,35-41,43-45,47-48,50-52,54-57H2,1-2H3,(H,62,65)/b12-10-,18-16-,34-30-,46-42-,53-49+. The zero-order chi connectivity index (χ0) is 48.6. The Morgan fingerprint density at radius 1 is 0.418 bits per heavy atom. The van der Waals surface area contributed by atoms with Gasteiger partial charge in [-0.3, -0.25) is 9.59 Å². The molecule has 0 heterocycles. The summed E-state index contributed by atoms with van der Waals surface area (Å²) in [4.78, 5) is 24.5. The highest BCUT2D eigenvalue weighted by Gasteiger charge is 2.17. The Hall–Kier alpha value is -2.44. The number of hydrogen-bond acceptors (Lipinski definition) is 5. The van der Waals surface area contributed by atoms with E-state index in [2.05, 4.69) is 61.7 Å². The quantitative estimate of drug-likeness (QED) is 0.0321. The molecule has 0 aliphatic carbocycles. The lowest BCUT2D eigenvalue weighted by atomic mass is 10.0. The monoisotopic (exact) mass is 938 g/mol. The Morgan fingerprint density at radius 2 is 0.776 bits per heavy atom. The first-order valence-electron chi connectivity index (χ1n) is 29.1. The lowest BCUT2D eigenvalue weighted by Gasteiger charge is -2.19. The van der Waals surface area contributed by atoms with Crippen LogP contribution in [0, 0.1) is 0 Å². The van der Waals surface area contributed by atoms with E-state index in [0.717, 1.165) is 64.2 Å². The fraction of sp³-hybridized carbons (Fsp3) is 0.803. The third-order valence-electron chi connectivity index (χ3n) is 13.0. The second-order valence-electron chi connectivity index (χ2n) is 19.6. The zero-order valence-corrected chi connectivity index (χ0v) is 44.4. The third-order valence-corrected chi connectivity index (χ3v) is 13.0. The Balaban J connectivity index is 3.59. The molecule has 0 fully saturated rings. The van der Waals surface area contributed by atoms with Crippen LogP contribution >= 0.6 is 0 Å². The number of unbranched alkanes of at least 4 members (excludes halogenated alkanes) is 34. The summed E-state index contributed by atoms with van der Waals surface area (Å²) >= 11 is 0. The third kappa shape index (κ3) is 52.8. The molecule has 0 aliphatic rings. The molecule has 0 aromatic carbocycles. The van der Waals surface area contributed by atoms with E-state index in [1.165, 1.54) is 193 Å². The van der Waals surface area contributed by atoms with Crippen LogP contribution in [0.2, 0.25) is 0 Å². The number of amides is 1. The van der Waals surface area contributed by atoms with Crippen molar-refractivity contribution in [2.24, 2.45) is 0 Å². The number of ether oxygens (including phenoxy) is 1. The molecule has 0 radical (unpaired) electrons. The highest BCUT2D eigenvalue weighted by Crippen LogP contribution is 2.16. The van der Waals surface area contributed by atoms with Gasteiger partial charge in [0, 0.05) is 12.8 Å². The molecule has 0 rings (SSSR count). The number of aliphatic hydroxyl groups excluding tert-OH is 2. The van der Waals surface area contributed by atoms with Crippen molar-refractivity contribution < 1.29 is 24.5 Å². The molecule has 0 saturated heterocycles. The predicted molar refractivity (Wildman–Crippen MR) is 292 cm³/mol. The Labute approximate surface area is 416 Å². The Morgan fingerprint density at radius 3 is 1.21 bits per heavy atom. The smallest absolute Gasteiger partial charge is 0.305 e. The highest BCUT2D eigenvalue weighted by atomic mass is 16.5. The number of esters is 1. The lowest BCUT2D eigenvalue weighted by molar-refractivity contribution is -0.143. The van der Waals surface area contributed by atoms with Gasteiger partial charge in [0.05, 0.1) is 25.4 Å². The minimum atomic E-state index is -0.882. The first kappa shape index (κ1) is 64.6. The minimum absolute atomic E-state index is 0.0335.